The first kappa shape index (κ1) is 24.4. The highest BCUT2D eigenvalue weighted by Crippen LogP contribution is 2.33. The summed E-state index contributed by atoms with van der Waals surface area (Å²) in [6, 6.07) is 11.9. The van der Waals surface area contributed by atoms with E-state index in [9.17, 15) is 28.1 Å². The van der Waals surface area contributed by atoms with Gasteiger partial charge in [0.05, 0.1) is 23.1 Å². The Hall–Kier alpha value is -3.22. The molecule has 172 valence electrons. The van der Waals surface area contributed by atoms with Gasteiger partial charge in [0.25, 0.3) is 5.69 Å². The Morgan fingerprint density at radius 3 is 2.45 bits per heavy atom. The van der Waals surface area contributed by atoms with Crippen molar-refractivity contribution in [2.45, 2.75) is 26.4 Å². The van der Waals surface area contributed by atoms with E-state index in [-0.39, 0.29) is 5.56 Å². The second kappa shape index (κ2) is 9.73. The molecule has 2 aromatic carbocycles. The number of nitrogens with zero attached hydrogens (tertiary/aromatic N) is 3. The van der Waals surface area contributed by atoms with E-state index >= 15 is 0 Å². The molecule has 0 unspecified atom stereocenters. The lowest BCUT2D eigenvalue weighted by molar-refractivity contribution is -0.385. The van der Waals surface area contributed by atoms with Crippen LogP contribution in [0.25, 0.3) is 5.69 Å². The average molecular weight is 570 g/mol. The fourth-order valence-electron chi connectivity index (χ4n) is 3.35. The van der Waals surface area contributed by atoms with E-state index in [0.29, 0.717) is 12.1 Å². The number of hydrazone groups is 1. The maximum absolute atomic E-state index is 12.8. The number of amides is 1. The number of benzene rings is 2. The fourth-order valence-corrected chi connectivity index (χ4v) is 3.71. The van der Waals surface area contributed by atoms with E-state index in [1.54, 1.807) is 0 Å². The third-order valence-electron chi connectivity index (χ3n) is 4.91. The summed E-state index contributed by atoms with van der Waals surface area (Å²) in [5.74, 6) is -0.694. The van der Waals surface area contributed by atoms with Crippen molar-refractivity contribution in [2.24, 2.45) is 5.10 Å². The number of aromatic nitrogens is 1. The second-order valence-corrected chi connectivity index (χ2v) is 8.45. The molecular weight excluding hydrogens is 552 g/mol. The van der Waals surface area contributed by atoms with Crippen LogP contribution in [-0.4, -0.2) is 21.6 Å². The maximum atomic E-state index is 12.8. The van der Waals surface area contributed by atoms with Crippen molar-refractivity contribution in [3.8, 4) is 5.69 Å². The summed E-state index contributed by atoms with van der Waals surface area (Å²) >= 11 is 2.22. The van der Waals surface area contributed by atoms with Gasteiger partial charge in [0.2, 0.25) is 5.91 Å². The number of nitrogens with one attached hydrogen (secondary N) is 1. The van der Waals surface area contributed by atoms with Crippen LogP contribution in [0.1, 0.15) is 28.1 Å². The van der Waals surface area contributed by atoms with Gasteiger partial charge in [-0.25, -0.2) is 5.43 Å². The zero-order chi connectivity index (χ0) is 24.3. The van der Waals surface area contributed by atoms with Gasteiger partial charge in [-0.1, -0.05) is 6.07 Å². The van der Waals surface area contributed by atoms with Crippen LogP contribution in [0.3, 0.4) is 0 Å². The first-order valence-corrected chi connectivity index (χ1v) is 10.7. The normalized spacial score (nSPS) is 11.7. The van der Waals surface area contributed by atoms with Gasteiger partial charge in [0.15, 0.2) is 0 Å². The monoisotopic (exact) mass is 570 g/mol. The molecule has 3 rings (SSSR count). The van der Waals surface area contributed by atoms with E-state index in [1.807, 2.05) is 48.7 Å². The summed E-state index contributed by atoms with van der Waals surface area (Å²) in [6.07, 6.45) is -3.77. The molecule has 33 heavy (non-hydrogen) atoms. The van der Waals surface area contributed by atoms with Crippen LogP contribution in [0.4, 0.5) is 18.9 Å². The summed E-state index contributed by atoms with van der Waals surface area (Å²) in [6.45, 7) is 3.84. The number of hydrogen-bond donors (Lipinski definition) is 1. The van der Waals surface area contributed by atoms with Crippen LogP contribution in [0.15, 0.2) is 53.6 Å². The SMILES string of the molecule is Cc1cc(/C=N\NC(=O)Cc2ccc(C(F)(F)F)cc2[N+](=O)[O-])c(C)n1-c1ccc(I)cc1. The number of aryl methyl sites for hydroxylation is 1. The topological polar surface area (TPSA) is 89.5 Å². The van der Waals surface area contributed by atoms with Gasteiger partial charge in [-0.15, -0.1) is 0 Å². The van der Waals surface area contributed by atoms with Crippen LogP contribution in [0, 0.1) is 27.5 Å². The lowest BCUT2D eigenvalue weighted by Crippen LogP contribution is -2.20. The number of hydrogen-bond acceptors (Lipinski definition) is 4. The molecular formula is C22H18F3IN4O3. The van der Waals surface area contributed by atoms with Crippen molar-refractivity contribution < 1.29 is 22.9 Å². The predicted octanol–water partition coefficient (Wildman–Crippen LogP) is 5.32. The Kier molecular flexibility index (Phi) is 7.20. The minimum Gasteiger partial charge on any atom is -0.318 e. The van der Waals surface area contributed by atoms with Crippen LogP contribution in [-0.2, 0) is 17.4 Å². The number of halogens is 4. The number of nitro groups is 1. The number of carbonyl (C=O) groups excluding carboxylic acids is 1. The molecule has 0 atom stereocenters. The Morgan fingerprint density at radius 1 is 1.18 bits per heavy atom. The van der Waals surface area contributed by atoms with Crippen molar-refractivity contribution in [1.82, 2.24) is 9.99 Å². The molecule has 1 N–H and O–H groups in total. The zero-order valence-electron chi connectivity index (χ0n) is 17.5. The van der Waals surface area contributed by atoms with Gasteiger partial charge in [0.1, 0.15) is 0 Å². The fraction of sp³-hybridized carbons (Fsp3) is 0.182. The first-order valence-electron chi connectivity index (χ1n) is 9.58. The molecule has 0 aliphatic heterocycles. The highest BCUT2D eigenvalue weighted by molar-refractivity contribution is 14.1. The van der Waals surface area contributed by atoms with Gasteiger partial charge in [-0.05, 0) is 72.8 Å². The number of carbonyl (C=O) groups is 1. The number of nitro benzene ring substituents is 1. The van der Waals surface area contributed by atoms with Gasteiger partial charge in [-0.3, -0.25) is 14.9 Å². The van der Waals surface area contributed by atoms with E-state index in [2.05, 4.69) is 33.1 Å². The zero-order valence-corrected chi connectivity index (χ0v) is 19.6. The lowest BCUT2D eigenvalue weighted by atomic mass is 10.1. The van der Waals surface area contributed by atoms with Crippen molar-refractivity contribution in [1.29, 1.82) is 0 Å². The van der Waals surface area contributed by atoms with E-state index in [0.717, 1.165) is 32.3 Å². The van der Waals surface area contributed by atoms with Gasteiger partial charge in [0, 0.05) is 37.8 Å². The van der Waals surface area contributed by atoms with E-state index in [1.165, 1.54) is 6.21 Å². The molecule has 11 heteroatoms. The molecule has 0 saturated carbocycles. The first-order chi connectivity index (χ1) is 15.5. The molecule has 0 fully saturated rings. The molecule has 0 saturated heterocycles. The summed E-state index contributed by atoms with van der Waals surface area (Å²) in [7, 11) is 0. The second-order valence-electron chi connectivity index (χ2n) is 7.21. The van der Waals surface area contributed by atoms with Crippen molar-refractivity contribution in [3.63, 3.8) is 0 Å². The molecule has 0 bridgehead atoms. The van der Waals surface area contributed by atoms with Crippen LogP contribution >= 0.6 is 22.6 Å². The van der Waals surface area contributed by atoms with Gasteiger partial charge in [-0.2, -0.15) is 18.3 Å². The minimum absolute atomic E-state index is 0.141. The standard InChI is InChI=1S/C22H18F3IN4O3/c1-13-9-16(14(2)29(13)19-7-5-18(26)6-8-19)12-27-28-21(31)10-15-3-4-17(22(23,24)25)11-20(15)30(32)33/h3-9,11-12H,10H2,1-2H3,(H,28,31)/b27-12-. The quantitative estimate of drug-likeness (QED) is 0.188. The third kappa shape index (κ3) is 5.78. The summed E-state index contributed by atoms with van der Waals surface area (Å²) in [4.78, 5) is 22.4. The molecule has 0 spiro atoms. The molecule has 3 aromatic rings. The Bertz CT molecular complexity index is 1230. The average Bonchev–Trinajstić information content (AvgIpc) is 3.01. The number of alkyl halides is 3. The molecule has 0 aliphatic rings. The highest BCUT2D eigenvalue weighted by Gasteiger charge is 2.33. The van der Waals surface area contributed by atoms with Crippen molar-refractivity contribution in [3.05, 3.63) is 90.3 Å². The Labute approximate surface area is 200 Å². The maximum Gasteiger partial charge on any atom is 0.416 e. The lowest BCUT2D eigenvalue weighted by Gasteiger charge is -2.09. The summed E-state index contributed by atoms with van der Waals surface area (Å²) in [5, 5.41) is 15.1. The summed E-state index contributed by atoms with van der Waals surface area (Å²) in [5.41, 5.74) is 3.79. The molecule has 1 amide bonds. The Morgan fingerprint density at radius 2 is 1.85 bits per heavy atom. The minimum atomic E-state index is -4.72. The van der Waals surface area contributed by atoms with Crippen LogP contribution in [0.5, 0.6) is 0 Å². The predicted molar refractivity (Wildman–Crippen MR) is 125 cm³/mol. The van der Waals surface area contributed by atoms with Gasteiger partial charge < -0.3 is 4.57 Å². The molecule has 1 aromatic heterocycles. The molecule has 7 nitrogen and oxygen atoms in total. The molecule has 0 radical (unpaired) electrons. The smallest absolute Gasteiger partial charge is 0.318 e. The van der Waals surface area contributed by atoms with E-state index in [4.69, 9.17) is 0 Å². The number of rotatable bonds is 6. The molecule has 0 aliphatic carbocycles. The summed E-state index contributed by atoms with van der Waals surface area (Å²) < 4.78 is 41.6. The highest BCUT2D eigenvalue weighted by atomic mass is 127. The van der Waals surface area contributed by atoms with Crippen LogP contribution in [0.2, 0.25) is 0 Å². The van der Waals surface area contributed by atoms with Crippen molar-refractivity contribution >= 4 is 40.4 Å². The third-order valence-corrected chi connectivity index (χ3v) is 5.63. The molecule has 1 heterocycles. The van der Waals surface area contributed by atoms with E-state index < -0.39 is 34.7 Å². The van der Waals surface area contributed by atoms with Crippen molar-refractivity contribution in [2.75, 3.05) is 0 Å². The van der Waals surface area contributed by atoms with Gasteiger partial charge >= 0.3 is 6.18 Å². The Balaban J connectivity index is 1.73. The largest absolute Gasteiger partial charge is 0.416 e. The van der Waals surface area contributed by atoms with Crippen LogP contribution < -0.4 is 5.43 Å².